The van der Waals surface area contributed by atoms with Crippen LogP contribution in [-0.4, -0.2) is 27.0 Å². The molecule has 1 saturated heterocycles. The predicted octanol–water partition coefficient (Wildman–Crippen LogP) is 2.63. The van der Waals surface area contributed by atoms with Gasteiger partial charge in [0.05, 0.1) is 6.54 Å². The lowest BCUT2D eigenvalue weighted by Gasteiger charge is -2.22. The summed E-state index contributed by atoms with van der Waals surface area (Å²) in [5.41, 5.74) is 1.79. The normalized spacial score (nSPS) is 21.0. The van der Waals surface area contributed by atoms with Crippen molar-refractivity contribution >= 4 is 11.9 Å². The van der Waals surface area contributed by atoms with Gasteiger partial charge in [0.15, 0.2) is 5.82 Å². The summed E-state index contributed by atoms with van der Waals surface area (Å²) in [6.07, 6.45) is 1.32. The van der Waals surface area contributed by atoms with Crippen LogP contribution in [0.2, 0.25) is 0 Å². The van der Waals surface area contributed by atoms with E-state index in [-0.39, 0.29) is 12.5 Å². The predicted molar refractivity (Wildman–Crippen MR) is 95.3 cm³/mol. The summed E-state index contributed by atoms with van der Waals surface area (Å²) in [6, 6.07) is 16.7. The maximum Gasteiger partial charge on any atom is 0.325 e. The van der Waals surface area contributed by atoms with Gasteiger partial charge in [-0.25, -0.2) is 4.79 Å². The largest absolute Gasteiger partial charge is 0.334 e. The van der Waals surface area contributed by atoms with Gasteiger partial charge in [-0.15, -0.1) is 0 Å². The van der Waals surface area contributed by atoms with E-state index in [1.54, 1.807) is 0 Å². The lowest BCUT2D eigenvalue weighted by atomic mass is 9.92. The van der Waals surface area contributed by atoms with E-state index in [0.717, 1.165) is 23.1 Å². The fourth-order valence-corrected chi connectivity index (χ4v) is 3.89. The molecule has 134 valence electrons. The fourth-order valence-electron chi connectivity index (χ4n) is 3.89. The number of carbonyl (C=O) groups is 2. The lowest BCUT2D eigenvalue weighted by molar-refractivity contribution is -0.132. The molecular formula is C20H16N4O3. The van der Waals surface area contributed by atoms with Gasteiger partial charge in [-0.1, -0.05) is 47.6 Å². The fraction of sp³-hybridized carbons (Fsp3) is 0.200. The number of urea groups is 1. The number of benzene rings is 2. The van der Waals surface area contributed by atoms with E-state index in [1.807, 2.05) is 54.6 Å². The molecule has 1 aromatic heterocycles. The average molecular weight is 360 g/mol. The summed E-state index contributed by atoms with van der Waals surface area (Å²) in [5.74, 6) is 0.391. The molecule has 1 aliphatic heterocycles. The lowest BCUT2D eigenvalue weighted by Crippen LogP contribution is -2.41. The SMILES string of the molecule is O=C1NC2(CCc3ccccc32)C(=O)N1Cc1noc(-c2ccccc2)n1. The van der Waals surface area contributed by atoms with Gasteiger partial charge in [0.25, 0.3) is 11.8 Å². The molecule has 0 radical (unpaired) electrons. The van der Waals surface area contributed by atoms with E-state index in [2.05, 4.69) is 15.5 Å². The number of fused-ring (bicyclic) bond motifs is 2. The van der Waals surface area contributed by atoms with Gasteiger partial charge >= 0.3 is 6.03 Å². The number of aromatic nitrogens is 2. The second kappa shape index (κ2) is 5.77. The maximum absolute atomic E-state index is 13.1. The van der Waals surface area contributed by atoms with Gasteiger partial charge < -0.3 is 9.84 Å². The highest BCUT2D eigenvalue weighted by Crippen LogP contribution is 2.41. The molecule has 2 heterocycles. The molecule has 3 aromatic rings. The van der Waals surface area contributed by atoms with E-state index in [1.165, 1.54) is 4.90 Å². The van der Waals surface area contributed by atoms with Crippen LogP contribution in [0.1, 0.15) is 23.4 Å². The minimum absolute atomic E-state index is 0.0229. The molecule has 2 aliphatic rings. The Bertz CT molecular complexity index is 1050. The van der Waals surface area contributed by atoms with Crippen LogP contribution >= 0.6 is 0 Å². The third-order valence-corrected chi connectivity index (χ3v) is 5.21. The van der Waals surface area contributed by atoms with Crippen molar-refractivity contribution in [2.75, 3.05) is 0 Å². The molecule has 0 saturated carbocycles. The van der Waals surface area contributed by atoms with E-state index >= 15 is 0 Å². The van der Waals surface area contributed by atoms with Crippen molar-refractivity contribution in [2.45, 2.75) is 24.9 Å². The van der Waals surface area contributed by atoms with Crippen molar-refractivity contribution in [3.8, 4) is 11.5 Å². The van der Waals surface area contributed by atoms with Gasteiger partial charge in [0, 0.05) is 5.56 Å². The van der Waals surface area contributed by atoms with Crippen LogP contribution < -0.4 is 5.32 Å². The van der Waals surface area contributed by atoms with Crippen LogP contribution in [0.5, 0.6) is 0 Å². The van der Waals surface area contributed by atoms with Crippen molar-refractivity contribution in [3.05, 3.63) is 71.5 Å². The van der Waals surface area contributed by atoms with E-state index in [4.69, 9.17) is 4.52 Å². The number of rotatable bonds is 3. The number of carbonyl (C=O) groups excluding carboxylic acids is 2. The highest BCUT2D eigenvalue weighted by Gasteiger charge is 2.55. The quantitative estimate of drug-likeness (QED) is 0.726. The van der Waals surface area contributed by atoms with Crippen LogP contribution in [0.25, 0.3) is 11.5 Å². The number of aryl methyl sites for hydroxylation is 1. The third kappa shape index (κ3) is 2.35. The summed E-state index contributed by atoms with van der Waals surface area (Å²) < 4.78 is 5.27. The number of imide groups is 1. The second-order valence-corrected chi connectivity index (χ2v) is 6.77. The summed E-state index contributed by atoms with van der Waals surface area (Å²) in [7, 11) is 0. The molecule has 0 bridgehead atoms. The molecule has 1 spiro atoms. The third-order valence-electron chi connectivity index (χ3n) is 5.21. The topological polar surface area (TPSA) is 88.3 Å². The number of hydrogen-bond acceptors (Lipinski definition) is 5. The van der Waals surface area contributed by atoms with Crippen molar-refractivity contribution in [3.63, 3.8) is 0 Å². The first-order valence-corrected chi connectivity index (χ1v) is 8.78. The number of nitrogens with zero attached hydrogens (tertiary/aromatic N) is 3. The first-order valence-electron chi connectivity index (χ1n) is 8.78. The molecule has 1 aliphatic carbocycles. The van der Waals surface area contributed by atoms with Crippen molar-refractivity contribution in [1.29, 1.82) is 0 Å². The van der Waals surface area contributed by atoms with Crippen LogP contribution in [0.15, 0.2) is 59.1 Å². The zero-order valence-electron chi connectivity index (χ0n) is 14.4. The first-order chi connectivity index (χ1) is 13.2. The molecular weight excluding hydrogens is 344 g/mol. The molecule has 7 nitrogen and oxygen atoms in total. The molecule has 1 atom stereocenters. The Labute approximate surface area is 155 Å². The van der Waals surface area contributed by atoms with Gasteiger partial charge in [-0.3, -0.25) is 9.69 Å². The van der Waals surface area contributed by atoms with Crippen LogP contribution in [0, 0.1) is 0 Å². The van der Waals surface area contributed by atoms with Crippen molar-refractivity contribution in [2.24, 2.45) is 0 Å². The minimum Gasteiger partial charge on any atom is -0.334 e. The van der Waals surface area contributed by atoms with Gasteiger partial charge in [-0.2, -0.15) is 4.98 Å². The van der Waals surface area contributed by atoms with Crippen LogP contribution in [0.4, 0.5) is 4.79 Å². The zero-order valence-corrected chi connectivity index (χ0v) is 14.4. The van der Waals surface area contributed by atoms with Crippen molar-refractivity contribution < 1.29 is 14.1 Å². The highest BCUT2D eigenvalue weighted by atomic mass is 16.5. The molecule has 1 unspecified atom stereocenters. The number of nitrogens with one attached hydrogen (secondary N) is 1. The number of hydrogen-bond donors (Lipinski definition) is 1. The Morgan fingerprint density at radius 2 is 1.85 bits per heavy atom. The highest BCUT2D eigenvalue weighted by molar-refractivity contribution is 6.08. The smallest absolute Gasteiger partial charge is 0.325 e. The second-order valence-electron chi connectivity index (χ2n) is 6.77. The van der Waals surface area contributed by atoms with E-state index < -0.39 is 11.6 Å². The minimum atomic E-state index is -0.973. The Balaban J connectivity index is 1.42. The Morgan fingerprint density at radius 3 is 2.70 bits per heavy atom. The molecule has 7 heteroatoms. The van der Waals surface area contributed by atoms with Gasteiger partial charge in [0.2, 0.25) is 0 Å². The summed E-state index contributed by atoms with van der Waals surface area (Å²) >= 11 is 0. The van der Waals surface area contributed by atoms with E-state index in [9.17, 15) is 9.59 Å². The van der Waals surface area contributed by atoms with Gasteiger partial charge in [-0.05, 0) is 36.1 Å². The molecule has 1 N–H and O–H groups in total. The average Bonchev–Trinajstić information content (AvgIpc) is 3.38. The summed E-state index contributed by atoms with van der Waals surface area (Å²) in [4.78, 5) is 31.2. The monoisotopic (exact) mass is 360 g/mol. The zero-order chi connectivity index (χ0) is 18.4. The molecule has 5 rings (SSSR count). The van der Waals surface area contributed by atoms with Crippen LogP contribution in [-0.2, 0) is 23.3 Å². The summed E-state index contributed by atoms with van der Waals surface area (Å²) in [6.45, 7) is -0.0229. The molecule has 1 fully saturated rings. The molecule has 2 aromatic carbocycles. The molecule has 27 heavy (non-hydrogen) atoms. The first kappa shape index (κ1) is 15.7. The summed E-state index contributed by atoms with van der Waals surface area (Å²) in [5, 5.41) is 6.82. The standard InChI is InChI=1S/C20H16N4O3/c25-18-20(11-10-13-6-4-5-9-15(13)20)22-19(26)24(18)12-16-21-17(27-23-16)14-7-2-1-3-8-14/h1-9H,10-12H2,(H,22,26). The Morgan fingerprint density at radius 1 is 1.07 bits per heavy atom. The number of amides is 3. The molecule has 3 amide bonds. The maximum atomic E-state index is 13.1. The Kier molecular flexibility index (Phi) is 3.36. The van der Waals surface area contributed by atoms with Gasteiger partial charge in [0.1, 0.15) is 5.54 Å². The van der Waals surface area contributed by atoms with Crippen LogP contribution in [0.3, 0.4) is 0 Å². The van der Waals surface area contributed by atoms with E-state index in [0.29, 0.717) is 18.1 Å². The van der Waals surface area contributed by atoms with Crippen molar-refractivity contribution in [1.82, 2.24) is 20.4 Å². The Hall–Kier alpha value is -3.48.